The van der Waals surface area contributed by atoms with Crippen LogP contribution in [0.25, 0.3) is 0 Å². The minimum Gasteiger partial charge on any atom is -1.00 e. The van der Waals surface area contributed by atoms with E-state index in [1.165, 1.54) is 4.90 Å². The van der Waals surface area contributed by atoms with Gasteiger partial charge in [-0.3, -0.25) is 0 Å². The zero-order valence-electron chi connectivity index (χ0n) is 11.7. The van der Waals surface area contributed by atoms with Gasteiger partial charge in [0.25, 0.3) is 0 Å². The first kappa shape index (κ1) is 16.6. The van der Waals surface area contributed by atoms with Crippen LogP contribution in [0, 0.1) is 12.3 Å². The number of ether oxygens (including phenoxy) is 1. The number of esters is 1. The van der Waals surface area contributed by atoms with E-state index in [-0.39, 0.29) is 18.4 Å². The van der Waals surface area contributed by atoms with E-state index < -0.39 is 5.60 Å². The molecule has 1 heterocycles. The van der Waals surface area contributed by atoms with Gasteiger partial charge < -0.3 is 22.0 Å². The Labute approximate surface area is 126 Å². The third-order valence-corrected chi connectivity index (χ3v) is 3.83. The second-order valence-electron chi connectivity index (χ2n) is 5.00. The molecular formula is C16H20ClNO2. The second kappa shape index (κ2) is 7.33. The monoisotopic (exact) mass is 293 g/mol. The Kier molecular flexibility index (Phi) is 6.06. The topological polar surface area (TPSA) is 30.7 Å². The van der Waals surface area contributed by atoms with Crippen molar-refractivity contribution in [3.63, 3.8) is 0 Å². The number of likely N-dealkylation sites (tertiary alicyclic amines) is 1. The molecule has 0 saturated carbocycles. The van der Waals surface area contributed by atoms with Crippen LogP contribution in [0.1, 0.15) is 30.1 Å². The summed E-state index contributed by atoms with van der Waals surface area (Å²) in [5, 5.41) is 0. The fraction of sp³-hybridized carbons (Fsp3) is 0.438. The summed E-state index contributed by atoms with van der Waals surface area (Å²) in [4.78, 5) is 13.6. The maximum absolute atomic E-state index is 12.1. The summed E-state index contributed by atoms with van der Waals surface area (Å²) in [6.07, 6.45) is 7.10. The number of hydrogen-bond acceptors (Lipinski definition) is 2. The van der Waals surface area contributed by atoms with Gasteiger partial charge in [-0.05, 0) is 19.1 Å². The molecule has 108 valence electrons. The number of terminal acetylenes is 1. The lowest BCUT2D eigenvalue weighted by Gasteiger charge is -2.35. The molecule has 0 atom stereocenters. The molecule has 20 heavy (non-hydrogen) atoms. The molecular weight excluding hydrogens is 274 g/mol. The van der Waals surface area contributed by atoms with E-state index in [2.05, 4.69) is 12.8 Å². The molecule has 1 aromatic rings. The lowest BCUT2D eigenvalue weighted by molar-refractivity contribution is -0.905. The van der Waals surface area contributed by atoms with Crippen molar-refractivity contribution in [2.75, 3.05) is 19.6 Å². The van der Waals surface area contributed by atoms with E-state index in [1.54, 1.807) is 12.1 Å². The minimum atomic E-state index is -0.717. The summed E-state index contributed by atoms with van der Waals surface area (Å²) >= 11 is 0. The van der Waals surface area contributed by atoms with Gasteiger partial charge in [0.15, 0.2) is 5.60 Å². The average molecular weight is 294 g/mol. The van der Waals surface area contributed by atoms with Gasteiger partial charge in [-0.15, -0.1) is 6.42 Å². The first-order chi connectivity index (χ1) is 9.19. The van der Waals surface area contributed by atoms with Crippen LogP contribution >= 0.6 is 0 Å². The number of carbonyl (C=O) groups is 1. The molecule has 0 spiro atoms. The third kappa shape index (κ3) is 3.75. The van der Waals surface area contributed by atoms with Crippen molar-refractivity contribution in [1.29, 1.82) is 0 Å². The fourth-order valence-electron chi connectivity index (χ4n) is 2.45. The van der Waals surface area contributed by atoms with Crippen LogP contribution in [-0.4, -0.2) is 31.2 Å². The maximum Gasteiger partial charge on any atom is 0.339 e. The van der Waals surface area contributed by atoms with Crippen LogP contribution in [0.2, 0.25) is 0 Å². The first-order valence-corrected chi connectivity index (χ1v) is 6.79. The summed E-state index contributed by atoms with van der Waals surface area (Å²) in [7, 11) is 0. The van der Waals surface area contributed by atoms with Gasteiger partial charge in [-0.25, -0.2) is 4.79 Å². The molecule has 0 bridgehead atoms. The molecule has 1 aliphatic rings. The fourth-order valence-corrected chi connectivity index (χ4v) is 2.45. The molecule has 1 saturated heterocycles. The number of piperidine rings is 1. The van der Waals surface area contributed by atoms with Gasteiger partial charge in [-0.1, -0.05) is 24.1 Å². The number of hydrogen-bond donors (Lipinski definition) is 1. The number of quaternary nitrogens is 1. The highest BCUT2D eigenvalue weighted by Gasteiger charge is 2.38. The molecule has 1 aromatic carbocycles. The maximum atomic E-state index is 12.1. The highest BCUT2D eigenvalue weighted by atomic mass is 35.5. The quantitative estimate of drug-likeness (QED) is 0.512. The van der Waals surface area contributed by atoms with Crippen LogP contribution in [0.4, 0.5) is 0 Å². The Morgan fingerprint density at radius 1 is 1.35 bits per heavy atom. The molecule has 1 N–H and O–H groups in total. The predicted molar refractivity (Wildman–Crippen MR) is 73.9 cm³/mol. The summed E-state index contributed by atoms with van der Waals surface area (Å²) in [5.41, 5.74) is -0.159. The highest BCUT2D eigenvalue weighted by Crippen LogP contribution is 2.22. The van der Waals surface area contributed by atoms with E-state index in [0.29, 0.717) is 5.56 Å². The Morgan fingerprint density at radius 3 is 2.45 bits per heavy atom. The number of carbonyl (C=O) groups excluding carboxylic acids is 1. The molecule has 0 unspecified atom stereocenters. The highest BCUT2D eigenvalue weighted by molar-refractivity contribution is 5.89. The Morgan fingerprint density at radius 2 is 1.95 bits per heavy atom. The largest absolute Gasteiger partial charge is 1.00 e. The van der Waals surface area contributed by atoms with Crippen molar-refractivity contribution >= 4 is 5.97 Å². The lowest BCUT2D eigenvalue weighted by Crippen LogP contribution is -3.13. The number of rotatable bonds is 3. The van der Waals surface area contributed by atoms with Crippen LogP contribution in [0.15, 0.2) is 30.3 Å². The summed E-state index contributed by atoms with van der Waals surface area (Å²) in [5.74, 6) is 2.39. The van der Waals surface area contributed by atoms with Gasteiger partial charge in [0.05, 0.1) is 25.2 Å². The van der Waals surface area contributed by atoms with E-state index >= 15 is 0 Å². The van der Waals surface area contributed by atoms with E-state index in [1.807, 2.05) is 18.2 Å². The van der Waals surface area contributed by atoms with E-state index in [4.69, 9.17) is 11.2 Å². The van der Waals surface area contributed by atoms with Crippen molar-refractivity contribution in [2.45, 2.75) is 25.4 Å². The van der Waals surface area contributed by atoms with Gasteiger partial charge in [0.2, 0.25) is 0 Å². The first-order valence-electron chi connectivity index (χ1n) is 6.79. The normalized spacial score (nSPS) is 25.1. The van der Waals surface area contributed by atoms with Crippen LogP contribution in [0.3, 0.4) is 0 Å². The standard InChI is InChI=1S/C16H19NO2.ClH/c1-3-16(10-12-17(4-2)13-11-16)19-15(18)14-8-6-5-7-9-14;/h1,5-9H,4,10-13H2,2H3;1H. The Hall–Kier alpha value is -1.50. The number of benzene rings is 1. The smallest absolute Gasteiger partial charge is 0.339 e. The van der Waals surface area contributed by atoms with Gasteiger partial charge >= 0.3 is 5.97 Å². The third-order valence-electron chi connectivity index (χ3n) is 3.83. The van der Waals surface area contributed by atoms with Crippen molar-refractivity contribution in [1.82, 2.24) is 0 Å². The summed E-state index contributed by atoms with van der Waals surface area (Å²) in [6, 6.07) is 9.01. The molecule has 1 aliphatic heterocycles. The summed E-state index contributed by atoms with van der Waals surface area (Å²) in [6.45, 7) is 5.17. The van der Waals surface area contributed by atoms with E-state index in [0.717, 1.165) is 32.5 Å². The van der Waals surface area contributed by atoms with Crippen molar-refractivity contribution in [3.8, 4) is 12.3 Å². The lowest BCUT2D eigenvalue weighted by atomic mass is 9.92. The van der Waals surface area contributed by atoms with Crippen LogP contribution < -0.4 is 17.3 Å². The molecule has 0 amide bonds. The predicted octanol–water partition coefficient (Wildman–Crippen LogP) is -2.08. The molecule has 0 aliphatic carbocycles. The van der Waals surface area contributed by atoms with Gasteiger partial charge in [0.1, 0.15) is 0 Å². The second-order valence-corrected chi connectivity index (χ2v) is 5.00. The van der Waals surface area contributed by atoms with Gasteiger partial charge in [-0.2, -0.15) is 0 Å². The SMILES string of the molecule is C#CC1(OC(=O)c2ccccc2)CC[NH+](CC)CC1.[Cl-]. The number of nitrogens with one attached hydrogen (secondary N) is 1. The Bertz CT molecular complexity index is 473. The molecule has 4 heteroatoms. The van der Waals surface area contributed by atoms with Crippen molar-refractivity contribution < 1.29 is 26.8 Å². The Balaban J connectivity index is 0.00000200. The molecule has 2 rings (SSSR count). The van der Waals surface area contributed by atoms with Crippen LogP contribution in [0.5, 0.6) is 0 Å². The number of halogens is 1. The molecule has 3 nitrogen and oxygen atoms in total. The van der Waals surface area contributed by atoms with Gasteiger partial charge in [0, 0.05) is 12.8 Å². The van der Waals surface area contributed by atoms with E-state index in [9.17, 15) is 4.79 Å². The minimum absolute atomic E-state index is 0. The summed E-state index contributed by atoms with van der Waals surface area (Å²) < 4.78 is 5.62. The molecule has 0 radical (unpaired) electrons. The van der Waals surface area contributed by atoms with Crippen molar-refractivity contribution in [2.24, 2.45) is 0 Å². The molecule has 1 fully saturated rings. The van der Waals surface area contributed by atoms with Crippen LogP contribution in [-0.2, 0) is 4.74 Å². The zero-order chi connectivity index (χ0) is 13.7. The zero-order valence-corrected chi connectivity index (χ0v) is 12.5. The molecule has 0 aromatic heterocycles. The average Bonchev–Trinajstić information content (AvgIpc) is 2.49. The van der Waals surface area contributed by atoms with Crippen molar-refractivity contribution in [3.05, 3.63) is 35.9 Å².